The van der Waals surface area contributed by atoms with Crippen molar-refractivity contribution in [2.75, 3.05) is 6.54 Å². The van der Waals surface area contributed by atoms with E-state index >= 15 is 0 Å². The molecule has 0 N–H and O–H groups in total. The van der Waals surface area contributed by atoms with Crippen LogP contribution in [0.5, 0.6) is 0 Å². The van der Waals surface area contributed by atoms with Gasteiger partial charge in [-0.2, -0.15) is 0 Å². The Hall–Kier alpha value is -0.670. The monoisotopic (exact) mass is 265 g/mol. The molecular formula is C14H20ClN3. The zero-order valence-electron chi connectivity index (χ0n) is 10.7. The molecular weight excluding hydrogens is 246 g/mol. The Labute approximate surface area is 114 Å². The Bertz CT molecular complexity index is 391. The molecule has 0 bridgehead atoms. The van der Waals surface area contributed by atoms with Crippen LogP contribution in [0.2, 0.25) is 5.15 Å². The highest BCUT2D eigenvalue weighted by Gasteiger charge is 2.33. The van der Waals surface area contributed by atoms with Gasteiger partial charge in [0.2, 0.25) is 0 Å². The number of rotatable bonds is 2. The zero-order valence-corrected chi connectivity index (χ0v) is 11.4. The predicted octanol–water partition coefficient (Wildman–Crippen LogP) is 3.28. The molecule has 3 rings (SSSR count). The minimum absolute atomic E-state index is 0.480. The lowest BCUT2D eigenvalue weighted by atomic mass is 9.78. The number of aromatic nitrogens is 2. The molecule has 98 valence electrons. The van der Waals surface area contributed by atoms with Gasteiger partial charge in [-0.3, -0.25) is 9.88 Å². The summed E-state index contributed by atoms with van der Waals surface area (Å²) in [4.78, 5) is 11.1. The van der Waals surface area contributed by atoms with Crippen molar-refractivity contribution in [2.45, 2.75) is 51.1 Å². The van der Waals surface area contributed by atoms with E-state index < -0.39 is 0 Å². The lowest BCUT2D eigenvalue weighted by Crippen LogP contribution is -2.46. The SMILES string of the molecule is Clc1cnc(CN2CCC[C@H]3CCCC[C@H]32)cn1. The Morgan fingerprint density at radius 3 is 2.78 bits per heavy atom. The van der Waals surface area contributed by atoms with Crippen molar-refractivity contribution in [1.29, 1.82) is 0 Å². The van der Waals surface area contributed by atoms with E-state index in [2.05, 4.69) is 14.9 Å². The van der Waals surface area contributed by atoms with Crippen molar-refractivity contribution in [2.24, 2.45) is 5.92 Å². The number of nitrogens with zero attached hydrogens (tertiary/aromatic N) is 3. The van der Waals surface area contributed by atoms with E-state index in [1.165, 1.54) is 45.1 Å². The van der Waals surface area contributed by atoms with Gasteiger partial charge in [0.1, 0.15) is 5.15 Å². The molecule has 0 radical (unpaired) electrons. The van der Waals surface area contributed by atoms with Crippen LogP contribution in [0.1, 0.15) is 44.2 Å². The maximum absolute atomic E-state index is 5.78. The van der Waals surface area contributed by atoms with Gasteiger partial charge < -0.3 is 0 Å². The molecule has 1 aromatic heterocycles. The number of fused-ring (bicyclic) bond motifs is 1. The summed E-state index contributed by atoms with van der Waals surface area (Å²) in [5, 5.41) is 0.480. The average molecular weight is 266 g/mol. The molecule has 2 heterocycles. The Balaban J connectivity index is 1.69. The van der Waals surface area contributed by atoms with Crippen molar-refractivity contribution in [3.05, 3.63) is 23.2 Å². The molecule has 1 saturated carbocycles. The first-order valence-electron chi connectivity index (χ1n) is 7.03. The summed E-state index contributed by atoms with van der Waals surface area (Å²) in [6.45, 7) is 2.15. The van der Waals surface area contributed by atoms with Gasteiger partial charge in [-0.05, 0) is 38.1 Å². The molecule has 4 heteroatoms. The maximum Gasteiger partial charge on any atom is 0.147 e. The molecule has 2 aliphatic rings. The van der Waals surface area contributed by atoms with E-state index in [0.29, 0.717) is 5.15 Å². The van der Waals surface area contributed by atoms with E-state index in [1.807, 2.05) is 6.20 Å². The molecule has 2 atom stereocenters. The first-order chi connectivity index (χ1) is 8.83. The van der Waals surface area contributed by atoms with Gasteiger partial charge in [0, 0.05) is 12.6 Å². The van der Waals surface area contributed by atoms with Crippen LogP contribution in [0.25, 0.3) is 0 Å². The zero-order chi connectivity index (χ0) is 12.4. The number of likely N-dealkylation sites (tertiary alicyclic amines) is 1. The number of hydrogen-bond donors (Lipinski definition) is 0. The molecule has 2 fully saturated rings. The van der Waals surface area contributed by atoms with Gasteiger partial charge in [0.25, 0.3) is 0 Å². The minimum Gasteiger partial charge on any atom is -0.294 e. The normalized spacial score (nSPS) is 28.9. The topological polar surface area (TPSA) is 29.0 Å². The maximum atomic E-state index is 5.78. The van der Waals surface area contributed by atoms with Crippen molar-refractivity contribution in [1.82, 2.24) is 14.9 Å². The summed E-state index contributed by atoms with van der Waals surface area (Å²) in [6, 6.07) is 0.782. The summed E-state index contributed by atoms with van der Waals surface area (Å²) in [5.74, 6) is 0.924. The summed E-state index contributed by atoms with van der Waals surface area (Å²) >= 11 is 5.78. The van der Waals surface area contributed by atoms with Crippen LogP contribution in [-0.4, -0.2) is 27.5 Å². The third-order valence-corrected chi connectivity index (χ3v) is 4.59. The van der Waals surface area contributed by atoms with Crippen molar-refractivity contribution < 1.29 is 0 Å². The summed E-state index contributed by atoms with van der Waals surface area (Å²) in [7, 11) is 0. The molecule has 3 nitrogen and oxygen atoms in total. The molecule has 1 aliphatic heterocycles. The minimum atomic E-state index is 0.480. The van der Waals surface area contributed by atoms with Gasteiger partial charge in [-0.25, -0.2) is 4.98 Å². The van der Waals surface area contributed by atoms with Crippen LogP contribution in [0.4, 0.5) is 0 Å². The van der Waals surface area contributed by atoms with Crippen LogP contribution in [0, 0.1) is 5.92 Å². The van der Waals surface area contributed by atoms with E-state index in [-0.39, 0.29) is 0 Å². The van der Waals surface area contributed by atoms with Crippen molar-refractivity contribution >= 4 is 11.6 Å². The largest absolute Gasteiger partial charge is 0.294 e. The second-order valence-corrected chi connectivity index (χ2v) is 5.94. The van der Waals surface area contributed by atoms with Gasteiger partial charge in [-0.1, -0.05) is 24.4 Å². The van der Waals surface area contributed by atoms with E-state index in [1.54, 1.807) is 6.20 Å². The molecule has 0 amide bonds. The van der Waals surface area contributed by atoms with Gasteiger partial charge in [-0.15, -0.1) is 0 Å². The lowest BCUT2D eigenvalue weighted by molar-refractivity contribution is 0.0536. The molecule has 1 aromatic rings. The van der Waals surface area contributed by atoms with Crippen LogP contribution in [0.3, 0.4) is 0 Å². The molecule has 0 spiro atoms. The Morgan fingerprint density at radius 1 is 1.11 bits per heavy atom. The third-order valence-electron chi connectivity index (χ3n) is 4.40. The van der Waals surface area contributed by atoms with E-state index in [4.69, 9.17) is 11.6 Å². The van der Waals surface area contributed by atoms with Crippen molar-refractivity contribution in [3.63, 3.8) is 0 Å². The fourth-order valence-corrected chi connectivity index (χ4v) is 3.65. The summed E-state index contributed by atoms with van der Waals surface area (Å²) in [6.07, 6.45) is 11.8. The van der Waals surface area contributed by atoms with E-state index in [9.17, 15) is 0 Å². The first kappa shape index (κ1) is 12.4. The van der Waals surface area contributed by atoms with Crippen LogP contribution >= 0.6 is 11.6 Å². The molecule has 0 unspecified atom stereocenters. The van der Waals surface area contributed by atoms with Gasteiger partial charge in [0.15, 0.2) is 0 Å². The Kier molecular flexibility index (Phi) is 3.80. The second-order valence-electron chi connectivity index (χ2n) is 5.56. The third kappa shape index (κ3) is 2.67. The standard InChI is InChI=1S/C14H20ClN3/c15-14-9-16-12(8-17-14)10-18-7-3-5-11-4-1-2-6-13(11)18/h8-9,11,13H,1-7,10H2/t11-,13-/m1/s1. The van der Waals surface area contributed by atoms with Gasteiger partial charge in [0.05, 0.1) is 18.1 Å². The smallest absolute Gasteiger partial charge is 0.147 e. The van der Waals surface area contributed by atoms with Crippen molar-refractivity contribution in [3.8, 4) is 0 Å². The summed E-state index contributed by atoms with van der Waals surface area (Å²) < 4.78 is 0. The number of piperidine rings is 1. The Morgan fingerprint density at radius 2 is 1.94 bits per heavy atom. The first-order valence-corrected chi connectivity index (χ1v) is 7.41. The number of halogens is 1. The highest BCUT2D eigenvalue weighted by molar-refractivity contribution is 6.29. The molecule has 18 heavy (non-hydrogen) atoms. The number of hydrogen-bond acceptors (Lipinski definition) is 3. The molecule has 1 aliphatic carbocycles. The van der Waals surface area contributed by atoms with Crippen LogP contribution in [-0.2, 0) is 6.54 Å². The molecule has 1 saturated heterocycles. The van der Waals surface area contributed by atoms with Crippen LogP contribution in [0.15, 0.2) is 12.4 Å². The second kappa shape index (κ2) is 5.54. The van der Waals surface area contributed by atoms with Gasteiger partial charge >= 0.3 is 0 Å². The highest BCUT2D eigenvalue weighted by atomic mass is 35.5. The van der Waals surface area contributed by atoms with E-state index in [0.717, 1.165) is 24.2 Å². The fourth-order valence-electron chi connectivity index (χ4n) is 3.55. The average Bonchev–Trinajstić information content (AvgIpc) is 2.42. The predicted molar refractivity (Wildman–Crippen MR) is 72.4 cm³/mol. The quantitative estimate of drug-likeness (QED) is 0.822. The highest BCUT2D eigenvalue weighted by Crippen LogP contribution is 2.35. The molecule has 0 aromatic carbocycles. The lowest BCUT2D eigenvalue weighted by Gasteiger charge is -2.44. The fraction of sp³-hybridized carbons (Fsp3) is 0.714. The van der Waals surface area contributed by atoms with Crippen LogP contribution < -0.4 is 0 Å². The summed E-state index contributed by atoms with van der Waals surface area (Å²) in [5.41, 5.74) is 1.05.